The van der Waals surface area contributed by atoms with E-state index in [0.717, 1.165) is 4.88 Å². The van der Waals surface area contributed by atoms with Gasteiger partial charge in [0.1, 0.15) is 0 Å². The Morgan fingerprint density at radius 2 is 1.81 bits per heavy atom. The fourth-order valence-electron chi connectivity index (χ4n) is 2.29. The molecule has 2 heterocycles. The van der Waals surface area contributed by atoms with Crippen LogP contribution in [0.2, 0.25) is 0 Å². The standard InChI is InChI=1S/C18H14N2O4S2/c21-17(10-12-3-5-13(6-4-12)20(23)24)19-11-14-7-8-16(26-14)18(22)15-2-1-9-25-15/h1-9H,10-11H2,(H,19,21). The number of nitrogens with one attached hydrogen (secondary N) is 1. The van der Waals surface area contributed by atoms with Gasteiger partial charge in [0.15, 0.2) is 0 Å². The maximum atomic E-state index is 12.3. The molecule has 0 fully saturated rings. The Balaban J connectivity index is 1.53. The molecule has 0 aliphatic heterocycles. The van der Waals surface area contributed by atoms with Crippen molar-refractivity contribution >= 4 is 40.1 Å². The Labute approximate surface area is 157 Å². The second-order valence-corrected chi connectivity index (χ2v) is 7.57. The molecule has 0 bridgehead atoms. The van der Waals surface area contributed by atoms with E-state index in [1.54, 1.807) is 24.3 Å². The van der Waals surface area contributed by atoms with Gasteiger partial charge in [0, 0.05) is 17.0 Å². The third kappa shape index (κ3) is 4.41. The van der Waals surface area contributed by atoms with Crippen LogP contribution < -0.4 is 5.32 Å². The van der Waals surface area contributed by atoms with E-state index in [1.807, 2.05) is 17.5 Å². The SMILES string of the molecule is O=C(Cc1ccc([N+](=O)[O-])cc1)NCc1ccc(C(=O)c2cccs2)s1. The summed E-state index contributed by atoms with van der Waals surface area (Å²) in [5, 5.41) is 15.3. The second kappa shape index (κ2) is 8.03. The van der Waals surface area contributed by atoms with E-state index in [1.165, 1.54) is 34.8 Å². The molecule has 0 aliphatic rings. The van der Waals surface area contributed by atoms with Gasteiger partial charge in [-0.25, -0.2) is 0 Å². The maximum Gasteiger partial charge on any atom is 0.269 e. The van der Waals surface area contributed by atoms with Crippen molar-refractivity contribution in [2.45, 2.75) is 13.0 Å². The van der Waals surface area contributed by atoms with Gasteiger partial charge in [-0.15, -0.1) is 22.7 Å². The summed E-state index contributed by atoms with van der Waals surface area (Å²) in [5.41, 5.74) is 0.698. The van der Waals surface area contributed by atoms with Crippen molar-refractivity contribution in [1.29, 1.82) is 0 Å². The fraction of sp³-hybridized carbons (Fsp3) is 0.111. The predicted molar refractivity (Wildman–Crippen MR) is 101 cm³/mol. The Bertz CT molecular complexity index is 931. The fourth-order valence-corrected chi connectivity index (χ4v) is 3.94. The lowest BCUT2D eigenvalue weighted by Crippen LogP contribution is -2.24. The van der Waals surface area contributed by atoms with Crippen LogP contribution in [0.5, 0.6) is 0 Å². The van der Waals surface area contributed by atoms with Gasteiger partial charge in [0.2, 0.25) is 11.7 Å². The summed E-state index contributed by atoms with van der Waals surface area (Å²) in [7, 11) is 0. The van der Waals surface area contributed by atoms with Crippen LogP contribution in [0.15, 0.2) is 53.9 Å². The van der Waals surface area contributed by atoms with Crippen LogP contribution in [0.3, 0.4) is 0 Å². The lowest BCUT2D eigenvalue weighted by molar-refractivity contribution is -0.384. The van der Waals surface area contributed by atoms with Crippen LogP contribution in [-0.4, -0.2) is 16.6 Å². The molecule has 0 radical (unpaired) electrons. The highest BCUT2D eigenvalue weighted by molar-refractivity contribution is 7.16. The molecule has 0 unspecified atom stereocenters. The Hall–Kier alpha value is -2.84. The van der Waals surface area contributed by atoms with E-state index < -0.39 is 4.92 Å². The van der Waals surface area contributed by atoms with Crippen LogP contribution in [-0.2, 0) is 17.8 Å². The number of ketones is 1. The molecule has 3 aromatic rings. The molecule has 26 heavy (non-hydrogen) atoms. The zero-order chi connectivity index (χ0) is 18.5. The molecule has 2 aromatic heterocycles. The molecule has 0 saturated carbocycles. The summed E-state index contributed by atoms with van der Waals surface area (Å²) < 4.78 is 0. The number of rotatable bonds is 7. The number of nitro benzene ring substituents is 1. The summed E-state index contributed by atoms with van der Waals surface area (Å²) in [5.74, 6) is -0.188. The minimum Gasteiger partial charge on any atom is -0.351 e. The van der Waals surface area contributed by atoms with E-state index in [9.17, 15) is 19.7 Å². The number of carbonyl (C=O) groups is 2. The van der Waals surface area contributed by atoms with E-state index in [4.69, 9.17) is 0 Å². The number of carbonyl (C=O) groups excluding carboxylic acids is 2. The Kier molecular flexibility index (Phi) is 5.55. The minimum absolute atomic E-state index is 0.00400. The highest BCUT2D eigenvalue weighted by atomic mass is 32.1. The van der Waals surface area contributed by atoms with Crippen molar-refractivity contribution in [3.05, 3.63) is 84.2 Å². The number of amides is 1. The average Bonchev–Trinajstić information content (AvgIpc) is 3.32. The number of benzene rings is 1. The van der Waals surface area contributed by atoms with Crippen molar-refractivity contribution in [3.63, 3.8) is 0 Å². The molecule has 132 valence electrons. The number of hydrogen-bond donors (Lipinski definition) is 1. The average molecular weight is 386 g/mol. The first-order chi connectivity index (χ1) is 12.5. The first-order valence-corrected chi connectivity index (χ1v) is 9.39. The molecule has 6 nitrogen and oxygen atoms in total. The Morgan fingerprint density at radius 3 is 2.46 bits per heavy atom. The molecule has 0 spiro atoms. The molecule has 0 atom stereocenters. The number of nitro groups is 1. The van der Waals surface area contributed by atoms with Gasteiger partial charge in [0.05, 0.1) is 27.6 Å². The summed E-state index contributed by atoms with van der Waals surface area (Å²) in [6.07, 6.45) is 0.143. The first-order valence-electron chi connectivity index (χ1n) is 7.70. The van der Waals surface area contributed by atoms with Crippen molar-refractivity contribution in [3.8, 4) is 0 Å². The third-order valence-electron chi connectivity index (χ3n) is 3.60. The van der Waals surface area contributed by atoms with Gasteiger partial charge in [-0.3, -0.25) is 19.7 Å². The van der Waals surface area contributed by atoms with Crippen molar-refractivity contribution in [2.75, 3.05) is 0 Å². The van der Waals surface area contributed by atoms with Crippen molar-refractivity contribution in [2.24, 2.45) is 0 Å². The summed E-state index contributed by atoms with van der Waals surface area (Å²) in [6.45, 7) is 0.341. The summed E-state index contributed by atoms with van der Waals surface area (Å²) in [4.78, 5) is 36.7. The molecule has 1 aromatic carbocycles. The Morgan fingerprint density at radius 1 is 1.04 bits per heavy atom. The molecule has 8 heteroatoms. The van der Waals surface area contributed by atoms with Crippen LogP contribution in [0, 0.1) is 10.1 Å². The quantitative estimate of drug-likeness (QED) is 0.380. The smallest absolute Gasteiger partial charge is 0.269 e. The largest absolute Gasteiger partial charge is 0.351 e. The minimum atomic E-state index is -0.476. The monoisotopic (exact) mass is 386 g/mol. The summed E-state index contributed by atoms with van der Waals surface area (Å²) >= 11 is 2.76. The van der Waals surface area contributed by atoms with Crippen molar-refractivity contribution in [1.82, 2.24) is 5.32 Å². The molecule has 0 aliphatic carbocycles. The van der Waals surface area contributed by atoms with Crippen LogP contribution in [0.1, 0.15) is 25.0 Å². The van der Waals surface area contributed by atoms with Gasteiger partial charge < -0.3 is 5.32 Å². The number of non-ortho nitro benzene ring substituents is 1. The molecular formula is C18H14N2O4S2. The van der Waals surface area contributed by atoms with E-state index >= 15 is 0 Å². The van der Waals surface area contributed by atoms with Crippen molar-refractivity contribution < 1.29 is 14.5 Å². The number of hydrogen-bond acceptors (Lipinski definition) is 6. The normalized spacial score (nSPS) is 10.5. The molecule has 3 rings (SSSR count). The van der Waals surface area contributed by atoms with Gasteiger partial charge >= 0.3 is 0 Å². The van der Waals surface area contributed by atoms with E-state index in [0.29, 0.717) is 21.9 Å². The lowest BCUT2D eigenvalue weighted by atomic mass is 10.1. The van der Waals surface area contributed by atoms with Gasteiger partial charge in [0.25, 0.3) is 5.69 Å². The highest BCUT2D eigenvalue weighted by Gasteiger charge is 2.13. The van der Waals surface area contributed by atoms with Gasteiger partial charge in [-0.2, -0.15) is 0 Å². The number of thiophene rings is 2. The lowest BCUT2D eigenvalue weighted by Gasteiger charge is -2.04. The predicted octanol–water partition coefficient (Wildman–Crippen LogP) is 3.81. The third-order valence-corrected chi connectivity index (χ3v) is 5.55. The molecule has 1 N–H and O–H groups in total. The zero-order valence-corrected chi connectivity index (χ0v) is 15.1. The topological polar surface area (TPSA) is 89.3 Å². The molecule has 0 saturated heterocycles. The summed E-state index contributed by atoms with van der Waals surface area (Å²) in [6, 6.07) is 13.1. The first kappa shape index (κ1) is 18.0. The van der Waals surface area contributed by atoms with Crippen LogP contribution >= 0.6 is 22.7 Å². The van der Waals surface area contributed by atoms with Crippen LogP contribution in [0.4, 0.5) is 5.69 Å². The zero-order valence-electron chi connectivity index (χ0n) is 13.5. The maximum absolute atomic E-state index is 12.3. The van der Waals surface area contributed by atoms with Gasteiger partial charge in [-0.05, 0) is 29.1 Å². The molecular weight excluding hydrogens is 372 g/mol. The van der Waals surface area contributed by atoms with Gasteiger partial charge in [-0.1, -0.05) is 18.2 Å². The molecule has 1 amide bonds. The highest BCUT2D eigenvalue weighted by Crippen LogP contribution is 2.22. The number of nitrogens with zero attached hydrogens (tertiary/aromatic N) is 1. The van der Waals surface area contributed by atoms with E-state index in [-0.39, 0.29) is 23.8 Å². The van der Waals surface area contributed by atoms with E-state index in [2.05, 4.69) is 5.32 Å². The second-order valence-electron chi connectivity index (χ2n) is 5.45. The van der Waals surface area contributed by atoms with Crippen LogP contribution in [0.25, 0.3) is 0 Å².